The Balaban J connectivity index is 2.35. The zero-order valence-corrected chi connectivity index (χ0v) is 10.8. The Labute approximate surface area is 118 Å². The number of carbonyl (C=O) groups excluding carboxylic acids is 1. The van der Waals surface area contributed by atoms with Crippen molar-refractivity contribution in [2.75, 3.05) is 10.7 Å². The maximum atomic E-state index is 13.5. The number of hydrazine groups is 1. The van der Waals surface area contributed by atoms with Crippen LogP contribution in [0.1, 0.15) is 10.4 Å². The van der Waals surface area contributed by atoms with E-state index >= 15 is 0 Å². The maximum absolute atomic E-state index is 13.5. The lowest BCUT2D eigenvalue weighted by Gasteiger charge is -2.11. The zero-order chi connectivity index (χ0) is 14.7. The number of rotatable bonds is 3. The van der Waals surface area contributed by atoms with Crippen LogP contribution in [0.15, 0.2) is 36.4 Å². The first-order chi connectivity index (χ1) is 9.52. The largest absolute Gasteiger partial charge is 0.323 e. The van der Waals surface area contributed by atoms with Crippen LogP contribution < -0.4 is 16.6 Å². The highest BCUT2D eigenvalue weighted by Gasteiger charge is 2.16. The van der Waals surface area contributed by atoms with Gasteiger partial charge in [-0.15, -0.1) is 0 Å². The quantitative estimate of drug-likeness (QED) is 0.602. The maximum Gasteiger partial charge on any atom is 0.258 e. The van der Waals surface area contributed by atoms with Gasteiger partial charge in [-0.2, -0.15) is 0 Å². The Hall–Kier alpha value is -2.18. The molecule has 0 aromatic heterocycles. The molecule has 0 atom stereocenters. The number of carbonyl (C=O) groups is 1. The van der Waals surface area contributed by atoms with Gasteiger partial charge in [-0.3, -0.25) is 10.6 Å². The second-order valence-corrected chi connectivity index (χ2v) is 4.32. The van der Waals surface area contributed by atoms with Gasteiger partial charge in [0.2, 0.25) is 0 Å². The highest BCUT2D eigenvalue weighted by molar-refractivity contribution is 6.31. The average Bonchev–Trinajstić information content (AvgIpc) is 2.43. The second-order valence-electron chi connectivity index (χ2n) is 3.89. The molecule has 2 rings (SSSR count). The molecule has 0 saturated heterocycles. The smallest absolute Gasteiger partial charge is 0.258 e. The Morgan fingerprint density at radius 3 is 2.40 bits per heavy atom. The van der Waals surface area contributed by atoms with Crippen molar-refractivity contribution in [3.05, 3.63) is 58.6 Å². The molecule has 0 saturated carbocycles. The number of nitrogen functional groups attached to an aromatic ring is 1. The van der Waals surface area contributed by atoms with Gasteiger partial charge in [0.1, 0.15) is 17.3 Å². The SMILES string of the molecule is NNc1ccc(Cl)cc1C(=O)Nc1c(F)cccc1F. The third-order valence-corrected chi connectivity index (χ3v) is 2.82. The summed E-state index contributed by atoms with van der Waals surface area (Å²) >= 11 is 5.79. The molecule has 0 radical (unpaired) electrons. The number of amides is 1. The lowest BCUT2D eigenvalue weighted by Crippen LogP contribution is -2.18. The van der Waals surface area contributed by atoms with Crippen molar-refractivity contribution in [1.82, 2.24) is 0 Å². The van der Waals surface area contributed by atoms with Gasteiger partial charge >= 0.3 is 0 Å². The minimum absolute atomic E-state index is 0.0719. The van der Waals surface area contributed by atoms with E-state index in [9.17, 15) is 13.6 Å². The molecule has 0 aliphatic carbocycles. The van der Waals surface area contributed by atoms with Crippen LogP contribution in [0.25, 0.3) is 0 Å². The summed E-state index contributed by atoms with van der Waals surface area (Å²) in [6, 6.07) is 7.63. The summed E-state index contributed by atoms with van der Waals surface area (Å²) in [6.45, 7) is 0. The fourth-order valence-corrected chi connectivity index (χ4v) is 1.80. The van der Waals surface area contributed by atoms with Gasteiger partial charge in [0.25, 0.3) is 5.91 Å². The molecule has 0 unspecified atom stereocenters. The fourth-order valence-electron chi connectivity index (χ4n) is 1.63. The Bertz CT molecular complexity index is 644. The Morgan fingerprint density at radius 2 is 1.80 bits per heavy atom. The van der Waals surface area contributed by atoms with Crippen LogP contribution in [0.4, 0.5) is 20.2 Å². The van der Waals surface area contributed by atoms with Crippen molar-refractivity contribution >= 4 is 28.9 Å². The van der Waals surface area contributed by atoms with Crippen molar-refractivity contribution in [3.8, 4) is 0 Å². The topological polar surface area (TPSA) is 67.1 Å². The average molecular weight is 298 g/mol. The van der Waals surface area contributed by atoms with Gasteiger partial charge in [0.15, 0.2) is 0 Å². The molecule has 2 aromatic carbocycles. The van der Waals surface area contributed by atoms with E-state index in [-0.39, 0.29) is 11.3 Å². The molecule has 0 aliphatic heterocycles. The van der Waals surface area contributed by atoms with E-state index in [2.05, 4.69) is 10.7 Å². The molecule has 4 N–H and O–H groups in total. The highest BCUT2D eigenvalue weighted by atomic mass is 35.5. The number of benzene rings is 2. The molecule has 4 nitrogen and oxygen atoms in total. The fraction of sp³-hybridized carbons (Fsp3) is 0. The summed E-state index contributed by atoms with van der Waals surface area (Å²) in [4.78, 5) is 12.1. The van der Waals surface area contributed by atoms with Crippen LogP contribution in [0.2, 0.25) is 5.02 Å². The summed E-state index contributed by atoms with van der Waals surface area (Å²) in [5.74, 6) is 2.79. The summed E-state index contributed by atoms with van der Waals surface area (Å²) in [5.41, 5.74) is 2.14. The molecule has 0 heterocycles. The van der Waals surface area contributed by atoms with Crippen LogP contribution in [-0.4, -0.2) is 5.91 Å². The number of hydrogen-bond acceptors (Lipinski definition) is 3. The normalized spacial score (nSPS) is 10.2. The van der Waals surface area contributed by atoms with E-state index in [4.69, 9.17) is 17.4 Å². The van der Waals surface area contributed by atoms with Crippen molar-refractivity contribution in [1.29, 1.82) is 0 Å². The molecule has 20 heavy (non-hydrogen) atoms. The minimum Gasteiger partial charge on any atom is -0.323 e. The van der Waals surface area contributed by atoms with Gasteiger partial charge in [0, 0.05) is 5.02 Å². The zero-order valence-electron chi connectivity index (χ0n) is 10.1. The molecule has 7 heteroatoms. The predicted molar refractivity (Wildman–Crippen MR) is 73.6 cm³/mol. The molecule has 0 fully saturated rings. The number of para-hydroxylation sites is 1. The molecule has 104 valence electrons. The van der Waals surface area contributed by atoms with Crippen LogP contribution in [-0.2, 0) is 0 Å². The van der Waals surface area contributed by atoms with E-state index in [1.807, 2.05) is 0 Å². The molecule has 1 amide bonds. The molecular formula is C13H10ClF2N3O. The van der Waals surface area contributed by atoms with E-state index in [0.29, 0.717) is 5.02 Å². The monoisotopic (exact) mass is 297 g/mol. The number of hydrogen-bond donors (Lipinski definition) is 3. The molecule has 2 aromatic rings. The van der Waals surface area contributed by atoms with Crippen molar-refractivity contribution < 1.29 is 13.6 Å². The molecule has 0 spiro atoms. The van der Waals surface area contributed by atoms with Crippen LogP contribution in [0.5, 0.6) is 0 Å². The standard InChI is InChI=1S/C13H10ClF2N3O/c14-7-4-5-11(19-17)8(6-7)13(20)18-12-9(15)2-1-3-10(12)16/h1-6,19H,17H2,(H,18,20). The first kappa shape index (κ1) is 14.2. The number of anilines is 2. The van der Waals surface area contributed by atoms with Crippen LogP contribution >= 0.6 is 11.6 Å². The predicted octanol–water partition coefficient (Wildman–Crippen LogP) is 3.16. The Morgan fingerprint density at radius 1 is 1.15 bits per heavy atom. The summed E-state index contributed by atoms with van der Waals surface area (Å²) in [5, 5.41) is 2.45. The van der Waals surface area contributed by atoms with Gasteiger partial charge in [-0.05, 0) is 30.3 Å². The van der Waals surface area contributed by atoms with Crippen LogP contribution in [0.3, 0.4) is 0 Å². The molecular weight excluding hydrogens is 288 g/mol. The van der Waals surface area contributed by atoms with Gasteiger partial charge in [-0.25, -0.2) is 8.78 Å². The number of halogens is 3. The van der Waals surface area contributed by atoms with Gasteiger partial charge in [-0.1, -0.05) is 17.7 Å². The minimum atomic E-state index is -0.873. The van der Waals surface area contributed by atoms with Crippen molar-refractivity contribution in [2.45, 2.75) is 0 Å². The summed E-state index contributed by atoms with van der Waals surface area (Å²) < 4.78 is 26.9. The first-order valence-corrected chi connectivity index (χ1v) is 5.92. The first-order valence-electron chi connectivity index (χ1n) is 5.54. The van der Waals surface area contributed by atoms with E-state index in [0.717, 1.165) is 12.1 Å². The van der Waals surface area contributed by atoms with E-state index in [1.165, 1.54) is 24.3 Å². The van der Waals surface area contributed by atoms with Gasteiger partial charge < -0.3 is 10.7 Å². The highest BCUT2D eigenvalue weighted by Crippen LogP contribution is 2.23. The lowest BCUT2D eigenvalue weighted by molar-refractivity contribution is 0.102. The van der Waals surface area contributed by atoms with E-state index < -0.39 is 23.2 Å². The molecule has 0 aliphatic rings. The number of nitrogens with one attached hydrogen (secondary N) is 2. The summed E-state index contributed by atoms with van der Waals surface area (Å²) in [7, 11) is 0. The summed E-state index contributed by atoms with van der Waals surface area (Å²) in [6.07, 6.45) is 0. The third-order valence-electron chi connectivity index (χ3n) is 2.58. The van der Waals surface area contributed by atoms with Gasteiger partial charge in [0.05, 0.1) is 11.3 Å². The lowest BCUT2D eigenvalue weighted by atomic mass is 10.1. The van der Waals surface area contributed by atoms with E-state index in [1.54, 1.807) is 0 Å². The van der Waals surface area contributed by atoms with Crippen LogP contribution in [0, 0.1) is 11.6 Å². The molecule has 0 bridgehead atoms. The number of nitrogens with two attached hydrogens (primary N) is 1. The Kier molecular flexibility index (Phi) is 4.16. The van der Waals surface area contributed by atoms with Crippen molar-refractivity contribution in [2.24, 2.45) is 5.84 Å². The second kappa shape index (κ2) is 5.85. The van der Waals surface area contributed by atoms with Crippen molar-refractivity contribution in [3.63, 3.8) is 0 Å². The third kappa shape index (κ3) is 2.87.